The Balaban J connectivity index is 1.67. The molecule has 3 rings (SSSR count). The summed E-state index contributed by atoms with van der Waals surface area (Å²) in [6, 6.07) is 12.3. The lowest BCUT2D eigenvalue weighted by molar-refractivity contribution is 0.0920. The zero-order valence-corrected chi connectivity index (χ0v) is 12.1. The predicted octanol–water partition coefficient (Wildman–Crippen LogP) is 1.95. The van der Waals surface area contributed by atoms with Crippen LogP contribution >= 0.6 is 0 Å². The first-order chi connectivity index (χ1) is 10.2. The number of hydrogen-bond donors (Lipinski definition) is 3. The van der Waals surface area contributed by atoms with Gasteiger partial charge in [0.05, 0.1) is 5.69 Å². The topological polar surface area (TPSA) is 69.8 Å². The van der Waals surface area contributed by atoms with Crippen molar-refractivity contribution in [3.63, 3.8) is 0 Å². The fraction of sp³-hybridized carbons (Fsp3) is 0.375. The smallest absolute Gasteiger partial charge is 0.269 e. The molecule has 2 heterocycles. The highest BCUT2D eigenvalue weighted by atomic mass is 16.2. The first-order valence-electron chi connectivity index (χ1n) is 7.37. The fourth-order valence-corrected chi connectivity index (χ4v) is 2.72. The number of hydrogen-bond acceptors (Lipinski definition) is 3. The number of amides is 1. The minimum atomic E-state index is -0.0798. The van der Waals surface area contributed by atoms with E-state index in [1.807, 2.05) is 30.3 Å². The maximum Gasteiger partial charge on any atom is 0.269 e. The van der Waals surface area contributed by atoms with Gasteiger partial charge < -0.3 is 10.6 Å². The SMILES string of the molecule is CC1CC(NC(=O)c2cc(-c3ccccc3)n[nH]2)CCN1. The van der Waals surface area contributed by atoms with Crippen molar-refractivity contribution >= 4 is 5.91 Å². The molecule has 110 valence electrons. The van der Waals surface area contributed by atoms with Gasteiger partial charge in [-0.3, -0.25) is 9.89 Å². The summed E-state index contributed by atoms with van der Waals surface area (Å²) in [7, 11) is 0. The quantitative estimate of drug-likeness (QED) is 0.807. The third kappa shape index (κ3) is 3.31. The lowest BCUT2D eigenvalue weighted by Crippen LogP contribution is -2.46. The maximum absolute atomic E-state index is 12.3. The standard InChI is InChI=1S/C16H20N4O/c1-11-9-13(7-8-17-11)18-16(21)15-10-14(19-20-15)12-5-3-2-4-6-12/h2-6,10-11,13,17H,7-9H2,1H3,(H,18,21)(H,19,20). The van der Waals surface area contributed by atoms with E-state index in [1.165, 1.54) is 0 Å². The monoisotopic (exact) mass is 284 g/mol. The van der Waals surface area contributed by atoms with Gasteiger partial charge in [0.2, 0.25) is 0 Å². The average Bonchev–Trinajstić information content (AvgIpc) is 2.98. The van der Waals surface area contributed by atoms with Crippen LogP contribution in [0.1, 0.15) is 30.3 Å². The molecule has 5 nitrogen and oxygen atoms in total. The van der Waals surface area contributed by atoms with Gasteiger partial charge in [-0.25, -0.2) is 0 Å². The molecule has 0 saturated carbocycles. The molecule has 0 spiro atoms. The summed E-state index contributed by atoms with van der Waals surface area (Å²) in [6.07, 6.45) is 1.93. The number of carbonyl (C=O) groups is 1. The molecule has 1 aliphatic rings. The molecule has 21 heavy (non-hydrogen) atoms. The van der Waals surface area contributed by atoms with E-state index in [0.717, 1.165) is 30.6 Å². The van der Waals surface area contributed by atoms with Crippen LogP contribution in [0, 0.1) is 0 Å². The van der Waals surface area contributed by atoms with Gasteiger partial charge >= 0.3 is 0 Å². The van der Waals surface area contributed by atoms with Gasteiger partial charge in [0.1, 0.15) is 5.69 Å². The van der Waals surface area contributed by atoms with Gasteiger partial charge in [-0.1, -0.05) is 30.3 Å². The molecule has 1 amide bonds. The van der Waals surface area contributed by atoms with E-state index < -0.39 is 0 Å². The summed E-state index contributed by atoms with van der Waals surface area (Å²) in [5.74, 6) is -0.0798. The van der Waals surface area contributed by atoms with Gasteiger partial charge in [0.15, 0.2) is 0 Å². The number of H-pyrrole nitrogens is 1. The second-order valence-electron chi connectivity index (χ2n) is 5.58. The van der Waals surface area contributed by atoms with E-state index in [0.29, 0.717) is 11.7 Å². The lowest BCUT2D eigenvalue weighted by atomic mass is 10.0. The molecule has 2 aromatic rings. The van der Waals surface area contributed by atoms with E-state index in [4.69, 9.17) is 0 Å². The van der Waals surface area contributed by atoms with Crippen LogP contribution in [-0.2, 0) is 0 Å². The van der Waals surface area contributed by atoms with Crippen molar-refractivity contribution in [2.75, 3.05) is 6.54 Å². The molecule has 1 aromatic heterocycles. The first kappa shape index (κ1) is 13.8. The van der Waals surface area contributed by atoms with Crippen molar-refractivity contribution in [2.45, 2.75) is 31.8 Å². The molecule has 1 fully saturated rings. The Hall–Kier alpha value is -2.14. The summed E-state index contributed by atoms with van der Waals surface area (Å²) in [4.78, 5) is 12.3. The second kappa shape index (κ2) is 6.10. The Morgan fingerprint density at radius 1 is 1.33 bits per heavy atom. The van der Waals surface area contributed by atoms with E-state index in [-0.39, 0.29) is 11.9 Å². The van der Waals surface area contributed by atoms with Crippen LogP contribution in [0.2, 0.25) is 0 Å². The van der Waals surface area contributed by atoms with Crippen LogP contribution in [0.15, 0.2) is 36.4 Å². The van der Waals surface area contributed by atoms with Crippen LogP contribution < -0.4 is 10.6 Å². The van der Waals surface area contributed by atoms with Crippen molar-refractivity contribution in [3.05, 3.63) is 42.1 Å². The Morgan fingerprint density at radius 3 is 2.90 bits per heavy atom. The van der Waals surface area contributed by atoms with E-state index >= 15 is 0 Å². The number of rotatable bonds is 3. The van der Waals surface area contributed by atoms with E-state index in [9.17, 15) is 4.79 Å². The number of aromatic amines is 1. The summed E-state index contributed by atoms with van der Waals surface area (Å²) >= 11 is 0. The van der Waals surface area contributed by atoms with Crippen molar-refractivity contribution in [3.8, 4) is 11.3 Å². The molecule has 1 saturated heterocycles. The zero-order chi connectivity index (χ0) is 14.7. The molecule has 2 atom stereocenters. The van der Waals surface area contributed by atoms with Crippen molar-refractivity contribution in [2.24, 2.45) is 0 Å². The molecule has 0 bridgehead atoms. The molecule has 2 unspecified atom stereocenters. The van der Waals surface area contributed by atoms with Gasteiger partial charge in [0, 0.05) is 17.6 Å². The summed E-state index contributed by atoms with van der Waals surface area (Å²) in [6.45, 7) is 3.09. The highest BCUT2D eigenvalue weighted by molar-refractivity contribution is 5.93. The average molecular weight is 284 g/mol. The normalized spacial score (nSPS) is 22.0. The van der Waals surface area contributed by atoms with Crippen molar-refractivity contribution in [1.82, 2.24) is 20.8 Å². The van der Waals surface area contributed by atoms with Crippen molar-refractivity contribution < 1.29 is 4.79 Å². The van der Waals surface area contributed by atoms with Crippen LogP contribution in [0.5, 0.6) is 0 Å². The lowest BCUT2D eigenvalue weighted by Gasteiger charge is -2.28. The molecule has 0 radical (unpaired) electrons. The summed E-state index contributed by atoms with van der Waals surface area (Å²) in [5, 5.41) is 13.5. The van der Waals surface area contributed by atoms with Crippen molar-refractivity contribution in [1.29, 1.82) is 0 Å². The second-order valence-corrected chi connectivity index (χ2v) is 5.58. The number of nitrogens with zero attached hydrogens (tertiary/aromatic N) is 1. The van der Waals surface area contributed by atoms with Gasteiger partial charge in [-0.15, -0.1) is 0 Å². The van der Waals surface area contributed by atoms with E-state index in [2.05, 4.69) is 27.8 Å². The molecular formula is C16H20N4O. The third-order valence-electron chi connectivity index (χ3n) is 3.85. The maximum atomic E-state index is 12.3. The highest BCUT2D eigenvalue weighted by Crippen LogP contribution is 2.17. The Bertz CT molecular complexity index is 608. The Kier molecular flexibility index (Phi) is 4.01. The number of piperidine rings is 1. The van der Waals surface area contributed by atoms with Gasteiger partial charge in [0.25, 0.3) is 5.91 Å². The minimum absolute atomic E-state index is 0.0798. The number of benzene rings is 1. The molecule has 1 aliphatic heterocycles. The molecule has 5 heteroatoms. The molecule has 0 aliphatic carbocycles. The largest absolute Gasteiger partial charge is 0.348 e. The summed E-state index contributed by atoms with van der Waals surface area (Å²) < 4.78 is 0. The zero-order valence-electron chi connectivity index (χ0n) is 12.1. The number of nitrogens with one attached hydrogen (secondary N) is 3. The van der Waals surface area contributed by atoms with Gasteiger partial charge in [-0.05, 0) is 32.4 Å². The third-order valence-corrected chi connectivity index (χ3v) is 3.85. The number of carbonyl (C=O) groups excluding carboxylic acids is 1. The minimum Gasteiger partial charge on any atom is -0.348 e. The predicted molar refractivity (Wildman–Crippen MR) is 82.0 cm³/mol. The fourth-order valence-electron chi connectivity index (χ4n) is 2.72. The van der Waals surface area contributed by atoms with Crippen LogP contribution in [0.25, 0.3) is 11.3 Å². The Morgan fingerprint density at radius 2 is 2.14 bits per heavy atom. The molecule has 3 N–H and O–H groups in total. The number of aromatic nitrogens is 2. The Labute approximate surface area is 124 Å². The molecule has 1 aromatic carbocycles. The molecular weight excluding hydrogens is 264 g/mol. The highest BCUT2D eigenvalue weighted by Gasteiger charge is 2.21. The van der Waals surface area contributed by atoms with Crippen LogP contribution in [-0.4, -0.2) is 34.7 Å². The van der Waals surface area contributed by atoms with E-state index in [1.54, 1.807) is 6.07 Å². The first-order valence-corrected chi connectivity index (χ1v) is 7.37. The summed E-state index contributed by atoms with van der Waals surface area (Å²) in [5.41, 5.74) is 2.31. The van der Waals surface area contributed by atoms with Crippen LogP contribution in [0.4, 0.5) is 0 Å². The van der Waals surface area contributed by atoms with Crippen LogP contribution in [0.3, 0.4) is 0 Å². The van der Waals surface area contributed by atoms with Gasteiger partial charge in [-0.2, -0.15) is 5.10 Å².